The lowest BCUT2D eigenvalue weighted by Crippen LogP contribution is -2.34. The molecule has 0 aromatic carbocycles. The number of thioether (sulfide) groups is 1. The molecule has 0 bridgehead atoms. The maximum absolute atomic E-state index is 2.36. The zero-order valence-corrected chi connectivity index (χ0v) is 11.0. The second kappa shape index (κ2) is 6.94. The number of nitrogens with zero attached hydrogens (tertiary/aromatic N) is 2. The molecule has 0 N–H and O–H groups in total. The van der Waals surface area contributed by atoms with E-state index in [1.165, 1.54) is 30.8 Å². The van der Waals surface area contributed by atoms with Crippen LogP contribution >= 0.6 is 11.8 Å². The lowest BCUT2D eigenvalue weighted by molar-refractivity contribution is -0.681. The molecule has 0 aliphatic heterocycles. The molecule has 3 heteroatoms. The third-order valence-corrected chi connectivity index (χ3v) is 3.75. The van der Waals surface area contributed by atoms with Crippen LogP contribution in [-0.2, 0) is 12.4 Å². The maximum Gasteiger partial charge on any atom is 0.253 e. The van der Waals surface area contributed by atoms with Crippen LogP contribution in [0.25, 0.3) is 0 Å². The Labute approximate surface area is 97.7 Å². The monoisotopic (exact) mass is 227 g/mol. The second-order valence-electron chi connectivity index (χ2n) is 3.90. The van der Waals surface area contributed by atoms with Crippen LogP contribution in [0, 0.1) is 6.92 Å². The Balaban J connectivity index is 2.47. The highest BCUT2D eigenvalue weighted by atomic mass is 32.2. The molecule has 1 aromatic rings. The highest BCUT2D eigenvalue weighted by molar-refractivity contribution is 7.98. The summed E-state index contributed by atoms with van der Waals surface area (Å²) < 4.78 is 4.70. The molecular weight excluding hydrogens is 204 g/mol. The molecule has 0 aliphatic rings. The lowest BCUT2D eigenvalue weighted by Gasteiger charge is -2.00. The van der Waals surface area contributed by atoms with Gasteiger partial charge in [0, 0.05) is 6.92 Å². The van der Waals surface area contributed by atoms with Crippen molar-refractivity contribution in [3.63, 3.8) is 0 Å². The summed E-state index contributed by atoms with van der Waals surface area (Å²) in [5.74, 6) is 3.73. The number of aryl methyl sites for hydroxylation is 1. The van der Waals surface area contributed by atoms with E-state index in [9.17, 15) is 0 Å². The molecule has 0 unspecified atom stereocenters. The van der Waals surface area contributed by atoms with Gasteiger partial charge >= 0.3 is 0 Å². The van der Waals surface area contributed by atoms with Crippen LogP contribution in [0.5, 0.6) is 0 Å². The van der Waals surface area contributed by atoms with Gasteiger partial charge in [-0.2, -0.15) is 0 Å². The first-order valence-corrected chi connectivity index (χ1v) is 7.08. The summed E-state index contributed by atoms with van der Waals surface area (Å²) in [5.41, 5.74) is 0. The van der Waals surface area contributed by atoms with E-state index < -0.39 is 0 Å². The molecule has 0 aliphatic carbocycles. The third-order valence-electron chi connectivity index (χ3n) is 2.59. The van der Waals surface area contributed by atoms with Crippen LogP contribution in [0.1, 0.15) is 38.9 Å². The predicted octanol–water partition coefficient (Wildman–Crippen LogP) is 2.98. The number of unbranched alkanes of at least 4 members (excludes halogenated alkanes) is 1. The van der Waals surface area contributed by atoms with Crippen molar-refractivity contribution >= 4 is 11.8 Å². The van der Waals surface area contributed by atoms with Crippen LogP contribution in [0.4, 0.5) is 0 Å². The van der Waals surface area contributed by atoms with Crippen LogP contribution in [0.15, 0.2) is 12.4 Å². The Hall–Kier alpha value is -0.440. The Morgan fingerprint density at radius 3 is 2.80 bits per heavy atom. The van der Waals surface area contributed by atoms with Gasteiger partial charge in [-0.3, -0.25) is 0 Å². The van der Waals surface area contributed by atoms with E-state index in [0.29, 0.717) is 0 Å². The molecule has 86 valence electrons. The molecule has 15 heavy (non-hydrogen) atoms. The predicted molar refractivity (Wildman–Crippen MR) is 67.0 cm³/mol. The average molecular weight is 227 g/mol. The molecule has 0 fully saturated rings. The Kier molecular flexibility index (Phi) is 5.84. The highest BCUT2D eigenvalue weighted by Crippen LogP contribution is 2.04. The van der Waals surface area contributed by atoms with Gasteiger partial charge < -0.3 is 0 Å². The summed E-state index contributed by atoms with van der Waals surface area (Å²) in [5, 5.41) is 0. The highest BCUT2D eigenvalue weighted by Gasteiger charge is 2.10. The molecule has 0 saturated heterocycles. The first-order valence-electron chi connectivity index (χ1n) is 5.92. The quantitative estimate of drug-likeness (QED) is 0.514. The summed E-state index contributed by atoms with van der Waals surface area (Å²) in [6.07, 6.45) is 8.21. The summed E-state index contributed by atoms with van der Waals surface area (Å²) >= 11 is 2.01. The molecule has 2 nitrogen and oxygen atoms in total. The molecule has 0 radical (unpaired) electrons. The largest absolute Gasteiger partial charge is 0.253 e. The molecule has 1 aromatic heterocycles. The van der Waals surface area contributed by atoms with E-state index >= 15 is 0 Å². The van der Waals surface area contributed by atoms with E-state index in [0.717, 1.165) is 12.4 Å². The minimum Gasteiger partial charge on any atom is -0.234 e. The van der Waals surface area contributed by atoms with Crippen molar-refractivity contribution in [2.45, 2.75) is 52.5 Å². The number of rotatable bonds is 7. The normalized spacial score (nSPS) is 10.9. The van der Waals surface area contributed by atoms with Crippen molar-refractivity contribution in [1.82, 2.24) is 4.57 Å². The molecule has 1 heterocycles. The van der Waals surface area contributed by atoms with Crippen molar-refractivity contribution in [2.24, 2.45) is 0 Å². The van der Waals surface area contributed by atoms with E-state index in [4.69, 9.17) is 0 Å². The van der Waals surface area contributed by atoms with E-state index in [-0.39, 0.29) is 0 Å². The smallest absolute Gasteiger partial charge is 0.234 e. The Morgan fingerprint density at radius 2 is 2.13 bits per heavy atom. The van der Waals surface area contributed by atoms with Crippen LogP contribution in [0.3, 0.4) is 0 Å². The minimum atomic E-state index is 1.10. The van der Waals surface area contributed by atoms with Gasteiger partial charge in [0.2, 0.25) is 0 Å². The fourth-order valence-corrected chi connectivity index (χ4v) is 2.44. The van der Waals surface area contributed by atoms with E-state index in [1.807, 2.05) is 11.8 Å². The Bertz CT molecular complexity index is 281. The van der Waals surface area contributed by atoms with E-state index in [2.05, 4.69) is 42.3 Å². The topological polar surface area (TPSA) is 8.81 Å². The van der Waals surface area contributed by atoms with Gasteiger partial charge in [0.15, 0.2) is 0 Å². The lowest BCUT2D eigenvalue weighted by atomic mass is 10.3. The van der Waals surface area contributed by atoms with Gasteiger partial charge in [-0.25, -0.2) is 9.13 Å². The standard InChI is InChI=1S/C12H23N2S/c1-4-6-7-13-8-9-14(12(13)3)11-15-10-5-2/h8-9H,4-7,10-11H2,1-3H3/q+1. The van der Waals surface area contributed by atoms with Crippen molar-refractivity contribution in [2.75, 3.05) is 5.75 Å². The third kappa shape index (κ3) is 3.90. The maximum atomic E-state index is 2.36. The van der Waals surface area contributed by atoms with Gasteiger partial charge in [0.1, 0.15) is 18.3 Å². The minimum absolute atomic E-state index is 1.10. The molecule has 0 atom stereocenters. The van der Waals surface area contributed by atoms with Crippen molar-refractivity contribution in [1.29, 1.82) is 0 Å². The first-order chi connectivity index (χ1) is 7.29. The molecular formula is C12H23N2S+. The zero-order valence-electron chi connectivity index (χ0n) is 10.2. The average Bonchev–Trinajstić information content (AvgIpc) is 2.58. The van der Waals surface area contributed by atoms with Gasteiger partial charge in [-0.05, 0) is 18.6 Å². The van der Waals surface area contributed by atoms with Gasteiger partial charge in [0.25, 0.3) is 5.82 Å². The van der Waals surface area contributed by atoms with Gasteiger partial charge in [-0.15, -0.1) is 11.8 Å². The number of hydrogen-bond donors (Lipinski definition) is 0. The van der Waals surface area contributed by atoms with Gasteiger partial charge in [-0.1, -0.05) is 20.3 Å². The van der Waals surface area contributed by atoms with E-state index in [1.54, 1.807) is 0 Å². The summed E-state index contributed by atoms with van der Waals surface area (Å²) in [4.78, 5) is 0. The second-order valence-corrected chi connectivity index (χ2v) is 4.97. The van der Waals surface area contributed by atoms with Crippen molar-refractivity contribution < 1.29 is 4.57 Å². The van der Waals surface area contributed by atoms with Crippen LogP contribution in [0.2, 0.25) is 0 Å². The molecule has 0 amide bonds. The number of hydrogen-bond acceptors (Lipinski definition) is 1. The molecule has 0 spiro atoms. The van der Waals surface area contributed by atoms with Crippen molar-refractivity contribution in [3.8, 4) is 0 Å². The summed E-state index contributed by atoms with van der Waals surface area (Å²) in [7, 11) is 0. The molecule has 0 saturated carbocycles. The molecule has 1 rings (SSSR count). The SMILES string of the molecule is CCCCn1cc[n+](CSCCC)c1C. The van der Waals surface area contributed by atoms with Gasteiger partial charge in [0.05, 0.1) is 6.54 Å². The zero-order chi connectivity index (χ0) is 11.1. The van der Waals surface area contributed by atoms with Crippen molar-refractivity contribution in [3.05, 3.63) is 18.2 Å². The fraction of sp³-hybridized carbons (Fsp3) is 0.750. The first kappa shape index (κ1) is 12.6. The number of aromatic nitrogens is 2. The fourth-order valence-electron chi connectivity index (χ4n) is 1.55. The summed E-state index contributed by atoms with van der Waals surface area (Å²) in [6, 6.07) is 0. The number of imidazole rings is 1. The van der Waals surface area contributed by atoms with Crippen LogP contribution < -0.4 is 4.57 Å². The van der Waals surface area contributed by atoms with Crippen LogP contribution in [-0.4, -0.2) is 10.3 Å². The Morgan fingerprint density at radius 1 is 1.33 bits per heavy atom. The summed E-state index contributed by atoms with van der Waals surface area (Å²) in [6.45, 7) is 7.84.